The van der Waals surface area contributed by atoms with E-state index in [2.05, 4.69) is 10.6 Å². The second-order valence-corrected chi connectivity index (χ2v) is 5.76. The van der Waals surface area contributed by atoms with Gasteiger partial charge in [-0.2, -0.15) is 0 Å². The molecule has 1 aliphatic heterocycles. The highest BCUT2D eigenvalue weighted by molar-refractivity contribution is 6.36. The number of halogens is 2. The van der Waals surface area contributed by atoms with E-state index in [1.807, 2.05) is 0 Å². The quantitative estimate of drug-likeness (QED) is 0.814. The molecule has 0 aromatic heterocycles. The van der Waals surface area contributed by atoms with Crippen molar-refractivity contribution in [2.24, 2.45) is 0 Å². The fourth-order valence-electron chi connectivity index (χ4n) is 2.21. The van der Waals surface area contributed by atoms with E-state index in [0.29, 0.717) is 21.3 Å². The second kappa shape index (κ2) is 6.51. The van der Waals surface area contributed by atoms with Crippen molar-refractivity contribution in [3.63, 3.8) is 0 Å². The number of hydrogen-bond donors (Lipinski definition) is 2. The fraction of sp³-hybridized carbons (Fsp3) is 0.0625. The molecular weight excluding hydrogens is 355 g/mol. The molecule has 0 aliphatic carbocycles. The van der Waals surface area contributed by atoms with E-state index < -0.39 is 17.9 Å². The fourth-order valence-corrected chi connectivity index (χ4v) is 2.71. The van der Waals surface area contributed by atoms with Crippen LogP contribution in [0.25, 0.3) is 0 Å². The zero-order chi connectivity index (χ0) is 17.3. The van der Waals surface area contributed by atoms with Crippen LogP contribution < -0.4 is 10.6 Å². The van der Waals surface area contributed by atoms with Crippen molar-refractivity contribution in [2.75, 3.05) is 5.32 Å². The van der Waals surface area contributed by atoms with Crippen LogP contribution in [0.15, 0.2) is 36.4 Å². The van der Waals surface area contributed by atoms with Gasteiger partial charge in [-0.05, 0) is 30.3 Å². The third kappa shape index (κ3) is 3.20. The molecule has 3 rings (SSSR count). The summed E-state index contributed by atoms with van der Waals surface area (Å²) in [6.07, 6.45) is -0.740. The summed E-state index contributed by atoms with van der Waals surface area (Å²) in [6, 6.07) is 9.32. The van der Waals surface area contributed by atoms with Crippen molar-refractivity contribution < 1.29 is 19.1 Å². The molecule has 8 heteroatoms. The average Bonchev–Trinajstić information content (AvgIpc) is 2.81. The number of anilines is 1. The number of imide groups is 1. The minimum Gasteiger partial charge on any atom is -0.444 e. The Hall–Kier alpha value is -2.57. The van der Waals surface area contributed by atoms with Gasteiger partial charge in [0.15, 0.2) is 0 Å². The lowest BCUT2D eigenvalue weighted by Crippen LogP contribution is -2.19. The van der Waals surface area contributed by atoms with Crippen molar-refractivity contribution in [3.05, 3.63) is 63.1 Å². The van der Waals surface area contributed by atoms with Crippen molar-refractivity contribution in [1.29, 1.82) is 0 Å². The van der Waals surface area contributed by atoms with E-state index in [9.17, 15) is 14.4 Å². The highest BCUT2D eigenvalue weighted by Gasteiger charge is 2.26. The molecule has 1 heterocycles. The summed E-state index contributed by atoms with van der Waals surface area (Å²) < 4.78 is 5.07. The first-order chi connectivity index (χ1) is 11.5. The molecule has 2 aromatic rings. The lowest BCUT2D eigenvalue weighted by atomic mass is 10.1. The summed E-state index contributed by atoms with van der Waals surface area (Å²) in [5.74, 6) is -0.965. The van der Waals surface area contributed by atoms with Crippen molar-refractivity contribution in [1.82, 2.24) is 5.32 Å². The maximum absolute atomic E-state index is 11.9. The van der Waals surface area contributed by atoms with Crippen LogP contribution in [0.4, 0.5) is 10.5 Å². The number of amides is 3. The van der Waals surface area contributed by atoms with Gasteiger partial charge in [0.1, 0.15) is 6.61 Å². The van der Waals surface area contributed by atoms with Crippen LogP contribution >= 0.6 is 23.2 Å². The van der Waals surface area contributed by atoms with E-state index in [1.165, 1.54) is 18.2 Å². The minimum absolute atomic E-state index is 0.103. The van der Waals surface area contributed by atoms with Gasteiger partial charge in [-0.15, -0.1) is 0 Å². The van der Waals surface area contributed by atoms with Gasteiger partial charge >= 0.3 is 6.09 Å². The summed E-state index contributed by atoms with van der Waals surface area (Å²) in [6.45, 7) is -0.103. The Balaban J connectivity index is 1.67. The highest BCUT2D eigenvalue weighted by atomic mass is 35.5. The molecule has 0 radical (unpaired) electrons. The molecule has 2 aromatic carbocycles. The number of fused-ring (bicyclic) bond motifs is 1. The highest BCUT2D eigenvalue weighted by Crippen LogP contribution is 2.25. The van der Waals surface area contributed by atoms with Gasteiger partial charge in [-0.3, -0.25) is 20.2 Å². The molecule has 122 valence electrons. The predicted molar refractivity (Wildman–Crippen MR) is 88.5 cm³/mol. The monoisotopic (exact) mass is 364 g/mol. The molecule has 1 aliphatic rings. The summed E-state index contributed by atoms with van der Waals surface area (Å²) in [4.78, 5) is 34.9. The molecule has 0 saturated carbocycles. The topological polar surface area (TPSA) is 84.5 Å². The van der Waals surface area contributed by atoms with Crippen LogP contribution in [0.2, 0.25) is 10.0 Å². The predicted octanol–water partition coefficient (Wildman–Crippen LogP) is 3.63. The van der Waals surface area contributed by atoms with Crippen molar-refractivity contribution in [3.8, 4) is 0 Å². The first kappa shape index (κ1) is 16.3. The Morgan fingerprint density at radius 2 is 1.71 bits per heavy atom. The van der Waals surface area contributed by atoms with Crippen LogP contribution in [0.3, 0.4) is 0 Å². The lowest BCUT2D eigenvalue weighted by Gasteiger charge is -2.10. The Kier molecular flexibility index (Phi) is 4.42. The third-order valence-electron chi connectivity index (χ3n) is 3.39. The first-order valence-electron chi connectivity index (χ1n) is 6.82. The Labute approximate surface area is 146 Å². The number of benzene rings is 2. The zero-order valence-electron chi connectivity index (χ0n) is 12.1. The van der Waals surface area contributed by atoms with E-state index in [-0.39, 0.29) is 17.7 Å². The molecule has 6 nitrogen and oxygen atoms in total. The van der Waals surface area contributed by atoms with E-state index in [4.69, 9.17) is 27.9 Å². The van der Waals surface area contributed by atoms with Crippen LogP contribution in [-0.2, 0) is 11.3 Å². The number of rotatable bonds is 3. The van der Waals surface area contributed by atoms with Gasteiger partial charge in [-0.25, -0.2) is 4.79 Å². The van der Waals surface area contributed by atoms with Gasteiger partial charge in [0.2, 0.25) is 0 Å². The number of nitrogens with one attached hydrogen (secondary N) is 2. The number of hydrogen-bond acceptors (Lipinski definition) is 4. The zero-order valence-corrected chi connectivity index (χ0v) is 13.6. The standard InChI is InChI=1S/C16H10Cl2N2O4/c17-12-2-1-3-13(18)11(12)7-24-16(23)19-8-4-5-9-10(6-8)15(22)20-14(9)21/h1-6H,7H2,(H,19,23)(H,20,21,22). The Morgan fingerprint density at radius 1 is 1.04 bits per heavy atom. The lowest BCUT2D eigenvalue weighted by molar-refractivity contribution is 0.0879. The van der Waals surface area contributed by atoms with E-state index in [0.717, 1.165) is 0 Å². The van der Waals surface area contributed by atoms with Gasteiger partial charge in [0, 0.05) is 21.3 Å². The Morgan fingerprint density at radius 3 is 2.42 bits per heavy atom. The molecule has 0 unspecified atom stereocenters. The molecule has 3 amide bonds. The summed E-state index contributed by atoms with van der Waals surface area (Å²) in [5, 5.41) is 5.43. The van der Waals surface area contributed by atoms with Gasteiger partial charge in [-0.1, -0.05) is 29.3 Å². The largest absolute Gasteiger partial charge is 0.444 e. The smallest absolute Gasteiger partial charge is 0.411 e. The van der Waals surface area contributed by atoms with Crippen molar-refractivity contribution in [2.45, 2.75) is 6.61 Å². The molecule has 2 N–H and O–H groups in total. The van der Waals surface area contributed by atoms with Crippen LogP contribution in [-0.4, -0.2) is 17.9 Å². The first-order valence-corrected chi connectivity index (χ1v) is 7.57. The summed E-state index contributed by atoms with van der Waals surface area (Å²) >= 11 is 12.0. The van der Waals surface area contributed by atoms with Crippen LogP contribution in [0.1, 0.15) is 26.3 Å². The van der Waals surface area contributed by atoms with Crippen molar-refractivity contribution >= 4 is 46.8 Å². The molecule has 0 fully saturated rings. The molecule has 0 saturated heterocycles. The summed E-state index contributed by atoms with van der Waals surface area (Å²) in [7, 11) is 0. The second-order valence-electron chi connectivity index (χ2n) is 4.94. The average molecular weight is 365 g/mol. The van der Waals surface area contributed by atoms with Crippen LogP contribution in [0.5, 0.6) is 0 Å². The Bertz CT molecular complexity index is 847. The molecule has 0 atom stereocenters. The maximum Gasteiger partial charge on any atom is 0.411 e. The molecule has 0 spiro atoms. The number of carbonyl (C=O) groups excluding carboxylic acids is 3. The third-order valence-corrected chi connectivity index (χ3v) is 4.10. The van der Waals surface area contributed by atoms with Gasteiger partial charge in [0.25, 0.3) is 11.8 Å². The van der Waals surface area contributed by atoms with E-state index in [1.54, 1.807) is 18.2 Å². The molecule has 24 heavy (non-hydrogen) atoms. The number of ether oxygens (including phenoxy) is 1. The van der Waals surface area contributed by atoms with Crippen LogP contribution in [0, 0.1) is 0 Å². The SMILES string of the molecule is O=C(Nc1ccc2c(c1)C(=O)NC2=O)OCc1c(Cl)cccc1Cl. The van der Waals surface area contributed by atoms with Gasteiger partial charge in [0.05, 0.1) is 11.1 Å². The molecule has 0 bridgehead atoms. The minimum atomic E-state index is -0.740. The summed E-state index contributed by atoms with van der Waals surface area (Å²) in [5.41, 5.74) is 1.29. The molecular formula is C16H10Cl2N2O4. The van der Waals surface area contributed by atoms with Gasteiger partial charge < -0.3 is 4.74 Å². The van der Waals surface area contributed by atoms with E-state index >= 15 is 0 Å². The normalized spacial score (nSPS) is 12.6. The number of carbonyl (C=O) groups is 3. The maximum atomic E-state index is 11.9.